The van der Waals surface area contributed by atoms with E-state index < -0.39 is 0 Å². The first kappa shape index (κ1) is 13.7. The fourth-order valence-electron chi connectivity index (χ4n) is 1.83. The predicted octanol–water partition coefficient (Wildman–Crippen LogP) is 0.703. The molecule has 0 radical (unpaired) electrons. The molecule has 0 aromatic rings. The second-order valence-electron chi connectivity index (χ2n) is 4.53. The lowest BCUT2D eigenvalue weighted by molar-refractivity contribution is -0.121. The van der Waals surface area contributed by atoms with Crippen LogP contribution in [0.1, 0.15) is 25.7 Å². The summed E-state index contributed by atoms with van der Waals surface area (Å²) in [7, 11) is 0. The van der Waals surface area contributed by atoms with Crippen LogP contribution in [0.2, 0.25) is 0 Å². The van der Waals surface area contributed by atoms with Crippen LogP contribution < -0.4 is 10.6 Å². The van der Waals surface area contributed by atoms with Gasteiger partial charge in [-0.2, -0.15) is 0 Å². The second-order valence-corrected chi connectivity index (χ2v) is 4.53. The zero-order valence-corrected chi connectivity index (χ0v) is 10.4. The van der Waals surface area contributed by atoms with Crippen LogP contribution in [0.15, 0.2) is 0 Å². The summed E-state index contributed by atoms with van der Waals surface area (Å²) in [4.78, 5) is 11.5. The van der Waals surface area contributed by atoms with E-state index in [0.717, 1.165) is 38.5 Å². The summed E-state index contributed by atoms with van der Waals surface area (Å²) >= 11 is 0. The molecule has 0 bridgehead atoms. The molecule has 1 aliphatic carbocycles. The first-order valence-electron chi connectivity index (χ1n) is 5.92. The Morgan fingerprint density at radius 2 is 1.88 bits per heavy atom. The van der Waals surface area contributed by atoms with Gasteiger partial charge in [0.05, 0.1) is 6.54 Å². The minimum atomic E-state index is 0. The van der Waals surface area contributed by atoms with Crippen LogP contribution in [-0.2, 0) is 9.53 Å². The molecule has 1 heterocycles. The standard InChI is InChI=1S/C11H20N2O2.ClH/c14-11(8-12-7-9-1-2-9)13-10-3-5-15-6-4-10;/h9-10,12H,1-8H2,(H,13,14);1H. The minimum absolute atomic E-state index is 0. The summed E-state index contributed by atoms with van der Waals surface area (Å²) < 4.78 is 5.24. The van der Waals surface area contributed by atoms with E-state index in [4.69, 9.17) is 4.74 Å². The number of carbonyl (C=O) groups excluding carboxylic acids is 1. The molecule has 0 aromatic heterocycles. The van der Waals surface area contributed by atoms with Crippen LogP contribution in [0.3, 0.4) is 0 Å². The van der Waals surface area contributed by atoms with Crippen molar-refractivity contribution in [3.05, 3.63) is 0 Å². The third-order valence-corrected chi connectivity index (χ3v) is 3.00. The van der Waals surface area contributed by atoms with E-state index in [9.17, 15) is 4.79 Å². The Balaban J connectivity index is 0.00000128. The topological polar surface area (TPSA) is 50.4 Å². The lowest BCUT2D eigenvalue weighted by Crippen LogP contribution is -2.43. The normalized spacial score (nSPS) is 21.2. The largest absolute Gasteiger partial charge is 0.381 e. The van der Waals surface area contributed by atoms with Crippen molar-refractivity contribution in [2.45, 2.75) is 31.7 Å². The van der Waals surface area contributed by atoms with Crippen LogP contribution in [0.4, 0.5) is 0 Å². The first-order valence-corrected chi connectivity index (χ1v) is 5.92. The third kappa shape index (κ3) is 5.14. The minimum Gasteiger partial charge on any atom is -0.381 e. The molecule has 16 heavy (non-hydrogen) atoms. The highest BCUT2D eigenvalue weighted by atomic mass is 35.5. The van der Waals surface area contributed by atoms with Crippen LogP contribution in [0.5, 0.6) is 0 Å². The molecular weight excluding hydrogens is 228 g/mol. The first-order chi connectivity index (χ1) is 7.34. The fraction of sp³-hybridized carbons (Fsp3) is 0.909. The average Bonchev–Trinajstić information content (AvgIpc) is 3.03. The van der Waals surface area contributed by atoms with Gasteiger partial charge in [0.1, 0.15) is 0 Å². The molecule has 2 aliphatic rings. The summed E-state index contributed by atoms with van der Waals surface area (Å²) in [6.45, 7) is 3.02. The Labute approximate surface area is 103 Å². The third-order valence-electron chi connectivity index (χ3n) is 3.00. The number of rotatable bonds is 5. The van der Waals surface area contributed by atoms with Crippen molar-refractivity contribution in [1.29, 1.82) is 0 Å². The van der Waals surface area contributed by atoms with Crippen molar-refractivity contribution >= 4 is 18.3 Å². The Morgan fingerprint density at radius 1 is 1.19 bits per heavy atom. The van der Waals surface area contributed by atoms with Crippen LogP contribution in [0, 0.1) is 5.92 Å². The molecule has 94 valence electrons. The molecule has 1 saturated carbocycles. The highest BCUT2D eigenvalue weighted by molar-refractivity contribution is 5.85. The molecule has 0 atom stereocenters. The van der Waals surface area contributed by atoms with Crippen molar-refractivity contribution in [2.24, 2.45) is 5.92 Å². The van der Waals surface area contributed by atoms with E-state index in [2.05, 4.69) is 10.6 Å². The summed E-state index contributed by atoms with van der Waals surface area (Å²) in [6.07, 6.45) is 4.56. The second kappa shape index (κ2) is 7.09. The predicted molar refractivity (Wildman–Crippen MR) is 64.8 cm³/mol. The Morgan fingerprint density at radius 3 is 2.50 bits per heavy atom. The van der Waals surface area contributed by atoms with Gasteiger partial charge in [-0.25, -0.2) is 0 Å². The van der Waals surface area contributed by atoms with Gasteiger partial charge in [0, 0.05) is 19.3 Å². The lowest BCUT2D eigenvalue weighted by Gasteiger charge is -2.23. The Bertz CT molecular complexity index is 216. The van der Waals surface area contributed by atoms with Gasteiger partial charge >= 0.3 is 0 Å². The molecular formula is C11H21ClN2O2. The number of halogens is 1. The number of ether oxygens (including phenoxy) is 1. The van der Waals surface area contributed by atoms with E-state index >= 15 is 0 Å². The Kier molecular flexibility index (Phi) is 6.09. The number of carbonyl (C=O) groups is 1. The van der Waals surface area contributed by atoms with Crippen molar-refractivity contribution in [3.8, 4) is 0 Å². The van der Waals surface area contributed by atoms with E-state index in [1.807, 2.05) is 0 Å². The molecule has 0 spiro atoms. The molecule has 1 amide bonds. The zero-order chi connectivity index (χ0) is 10.5. The maximum absolute atomic E-state index is 11.5. The molecule has 0 aromatic carbocycles. The molecule has 1 aliphatic heterocycles. The van der Waals surface area contributed by atoms with Crippen molar-refractivity contribution in [1.82, 2.24) is 10.6 Å². The monoisotopic (exact) mass is 248 g/mol. The SMILES string of the molecule is Cl.O=C(CNCC1CC1)NC1CCOCC1. The van der Waals surface area contributed by atoms with E-state index in [-0.39, 0.29) is 18.3 Å². The summed E-state index contributed by atoms with van der Waals surface area (Å²) in [5.74, 6) is 0.962. The number of hydrogen-bond donors (Lipinski definition) is 2. The van der Waals surface area contributed by atoms with Crippen molar-refractivity contribution in [3.63, 3.8) is 0 Å². The highest BCUT2D eigenvalue weighted by Gasteiger charge is 2.21. The van der Waals surface area contributed by atoms with Crippen molar-refractivity contribution in [2.75, 3.05) is 26.3 Å². The van der Waals surface area contributed by atoms with Gasteiger partial charge in [0.2, 0.25) is 5.91 Å². The quantitative estimate of drug-likeness (QED) is 0.753. The van der Waals surface area contributed by atoms with Gasteiger partial charge in [-0.3, -0.25) is 4.79 Å². The molecule has 0 unspecified atom stereocenters. The van der Waals surface area contributed by atoms with Crippen molar-refractivity contribution < 1.29 is 9.53 Å². The van der Waals surface area contributed by atoms with Gasteiger partial charge < -0.3 is 15.4 Å². The van der Waals surface area contributed by atoms with Gasteiger partial charge in [-0.1, -0.05) is 0 Å². The molecule has 1 saturated heterocycles. The summed E-state index contributed by atoms with van der Waals surface area (Å²) in [5.41, 5.74) is 0. The van der Waals surface area contributed by atoms with Gasteiger partial charge in [-0.05, 0) is 38.1 Å². The van der Waals surface area contributed by atoms with Gasteiger partial charge in [0.25, 0.3) is 0 Å². The van der Waals surface area contributed by atoms with E-state index in [1.54, 1.807) is 0 Å². The van der Waals surface area contributed by atoms with E-state index in [1.165, 1.54) is 12.8 Å². The number of amides is 1. The van der Waals surface area contributed by atoms with Crippen LogP contribution >= 0.6 is 12.4 Å². The number of hydrogen-bond acceptors (Lipinski definition) is 3. The summed E-state index contributed by atoms with van der Waals surface area (Å²) in [5, 5.41) is 6.22. The molecule has 2 fully saturated rings. The average molecular weight is 249 g/mol. The highest BCUT2D eigenvalue weighted by Crippen LogP contribution is 2.27. The maximum Gasteiger partial charge on any atom is 0.234 e. The van der Waals surface area contributed by atoms with Gasteiger partial charge in [0.15, 0.2) is 0 Å². The zero-order valence-electron chi connectivity index (χ0n) is 9.54. The van der Waals surface area contributed by atoms with Crippen LogP contribution in [-0.4, -0.2) is 38.3 Å². The smallest absolute Gasteiger partial charge is 0.234 e. The molecule has 4 nitrogen and oxygen atoms in total. The van der Waals surface area contributed by atoms with Gasteiger partial charge in [-0.15, -0.1) is 12.4 Å². The molecule has 5 heteroatoms. The maximum atomic E-state index is 11.5. The fourth-order valence-corrected chi connectivity index (χ4v) is 1.83. The molecule has 2 rings (SSSR count). The van der Waals surface area contributed by atoms with Crippen LogP contribution in [0.25, 0.3) is 0 Å². The molecule has 2 N–H and O–H groups in total. The lowest BCUT2D eigenvalue weighted by atomic mass is 10.1. The Hall–Kier alpha value is -0.320. The number of nitrogens with one attached hydrogen (secondary N) is 2. The summed E-state index contributed by atoms with van der Waals surface area (Å²) in [6, 6.07) is 0.328. The van der Waals surface area contributed by atoms with E-state index in [0.29, 0.717) is 12.6 Å².